The molecule has 0 aromatic carbocycles. The second kappa shape index (κ2) is 15.6. The Morgan fingerprint density at radius 2 is 1.73 bits per heavy atom. The minimum atomic E-state index is -2.18. The maximum Gasteiger partial charge on any atom is 1.00 e. The molecule has 0 spiro atoms. The van der Waals surface area contributed by atoms with Crippen LogP contribution in [0.3, 0.4) is 0 Å². The average Bonchev–Trinajstić information content (AvgIpc) is 1.80. The fourth-order valence-corrected chi connectivity index (χ4v) is 0.393. The zero-order valence-electron chi connectivity index (χ0n) is 7.08. The topological polar surface area (TPSA) is 75.6 Å². The van der Waals surface area contributed by atoms with Crippen LogP contribution in [0.5, 0.6) is 0 Å². The summed E-state index contributed by atoms with van der Waals surface area (Å²) in [5, 5.41) is 27.5. The van der Waals surface area contributed by atoms with Crippen molar-refractivity contribution >= 4 is 7.32 Å². The van der Waals surface area contributed by atoms with Crippen LogP contribution in [0.25, 0.3) is 0 Å². The summed E-state index contributed by atoms with van der Waals surface area (Å²) in [6.07, 6.45) is 1.14. The molecule has 0 aliphatic carbocycles. The zero-order chi connectivity index (χ0) is 7.11. The van der Waals surface area contributed by atoms with Crippen molar-refractivity contribution in [1.82, 2.24) is 0 Å². The Kier molecular flexibility index (Phi) is 28.0. The first-order valence-electron chi connectivity index (χ1n) is 2.81. The summed E-state index contributed by atoms with van der Waals surface area (Å²) in [5.41, 5.74) is 0. The van der Waals surface area contributed by atoms with E-state index in [-0.39, 0.29) is 116 Å². The molecule has 0 radical (unpaired) electrons. The first-order valence-corrected chi connectivity index (χ1v) is 2.81. The van der Waals surface area contributed by atoms with Crippen molar-refractivity contribution in [2.75, 3.05) is 13.2 Å². The molecule has 0 unspecified atom stereocenters. The van der Waals surface area contributed by atoms with Gasteiger partial charge in [0.2, 0.25) is 0 Å². The van der Waals surface area contributed by atoms with Gasteiger partial charge in [-0.3, -0.25) is 0 Å². The molecule has 0 saturated carbocycles. The van der Waals surface area contributed by atoms with Gasteiger partial charge in [0, 0.05) is 13.2 Å². The minimum Gasteiger partial charge on any atom is -0.871 e. The largest absolute Gasteiger partial charge is 1.00 e. The van der Waals surface area contributed by atoms with E-state index in [1.54, 1.807) is 0 Å². The molecular weight excluding hydrogens is 201 g/mol. The van der Waals surface area contributed by atoms with Gasteiger partial charge in [-0.2, -0.15) is 0 Å². The minimum absolute atomic E-state index is 0. The van der Waals surface area contributed by atoms with Crippen molar-refractivity contribution in [1.29, 1.82) is 0 Å². The molecule has 54 valence electrons. The third kappa shape index (κ3) is 19.5. The molecule has 1 N–H and O–H groups in total. The first-order chi connectivity index (χ1) is 4.27. The van der Waals surface area contributed by atoms with Crippen LogP contribution in [0.2, 0.25) is 0 Å². The maximum atomic E-state index is 9.65. The van der Waals surface area contributed by atoms with Gasteiger partial charge < -0.3 is 19.8 Å². The molecule has 0 amide bonds. The molecule has 0 rings (SSSR count). The van der Waals surface area contributed by atoms with Crippen molar-refractivity contribution in [3.63, 3.8) is 0 Å². The molecular formula is C4H9BK2O4. The van der Waals surface area contributed by atoms with Gasteiger partial charge in [-0.15, -0.1) is 0 Å². The average molecular weight is 210 g/mol. The standard InChI is InChI=1S/C4H9BO4.2K/c6-3-1-2-4-9-5(7)8;;/h6H,1-4H2;;/q-2;2*+1. The Labute approximate surface area is 152 Å². The Morgan fingerprint density at radius 3 is 2.09 bits per heavy atom. The van der Waals surface area contributed by atoms with E-state index in [4.69, 9.17) is 5.11 Å². The second-order valence-electron chi connectivity index (χ2n) is 1.59. The molecule has 0 atom stereocenters. The van der Waals surface area contributed by atoms with Crippen LogP contribution in [-0.4, -0.2) is 25.6 Å². The smallest absolute Gasteiger partial charge is 0.871 e. The van der Waals surface area contributed by atoms with Gasteiger partial charge in [-0.25, -0.2) is 0 Å². The van der Waals surface area contributed by atoms with Crippen molar-refractivity contribution in [3.8, 4) is 0 Å². The van der Waals surface area contributed by atoms with E-state index in [2.05, 4.69) is 4.65 Å². The van der Waals surface area contributed by atoms with Crippen molar-refractivity contribution in [3.05, 3.63) is 0 Å². The van der Waals surface area contributed by atoms with E-state index in [9.17, 15) is 10.0 Å². The second-order valence-corrected chi connectivity index (χ2v) is 1.59. The SMILES string of the molecule is [K+].[K+].[O-]B([O-])OCCCCO. The molecule has 0 saturated heterocycles. The molecule has 0 fully saturated rings. The quantitative estimate of drug-likeness (QED) is 0.361. The number of rotatable bonds is 5. The summed E-state index contributed by atoms with van der Waals surface area (Å²) < 4.78 is 4.12. The van der Waals surface area contributed by atoms with Gasteiger partial charge in [-0.1, -0.05) is 0 Å². The van der Waals surface area contributed by atoms with E-state index in [1.165, 1.54) is 0 Å². The Morgan fingerprint density at radius 1 is 1.18 bits per heavy atom. The van der Waals surface area contributed by atoms with Crippen LogP contribution in [-0.2, 0) is 4.65 Å². The molecule has 0 bridgehead atoms. The molecule has 0 aromatic rings. The summed E-state index contributed by atoms with van der Waals surface area (Å²) >= 11 is 0. The number of hydrogen-bond donors (Lipinski definition) is 1. The third-order valence-corrected chi connectivity index (χ3v) is 0.806. The van der Waals surface area contributed by atoms with Crippen LogP contribution >= 0.6 is 0 Å². The molecule has 0 aromatic heterocycles. The van der Waals surface area contributed by atoms with E-state index in [0.717, 1.165) is 0 Å². The van der Waals surface area contributed by atoms with E-state index in [0.29, 0.717) is 12.8 Å². The summed E-state index contributed by atoms with van der Waals surface area (Å²) in [6.45, 7) is 0.226. The monoisotopic (exact) mass is 210 g/mol. The molecule has 0 heterocycles. The predicted octanol–water partition coefficient (Wildman–Crippen LogP) is -8.51. The molecule has 0 aliphatic rings. The Balaban J connectivity index is -0.000000320. The van der Waals surface area contributed by atoms with E-state index in [1.807, 2.05) is 0 Å². The Hall–Kier alpha value is 3.18. The maximum absolute atomic E-state index is 9.65. The van der Waals surface area contributed by atoms with Crippen molar-refractivity contribution in [2.45, 2.75) is 12.8 Å². The zero-order valence-corrected chi connectivity index (χ0v) is 13.3. The van der Waals surface area contributed by atoms with Crippen molar-refractivity contribution < 1.29 is 123 Å². The summed E-state index contributed by atoms with van der Waals surface area (Å²) in [6, 6.07) is 0. The van der Waals surface area contributed by atoms with Gasteiger partial charge >= 0.3 is 103 Å². The molecule has 0 aliphatic heterocycles. The fourth-order valence-electron chi connectivity index (χ4n) is 0.393. The predicted molar refractivity (Wildman–Crippen MR) is 28.0 cm³/mol. The molecule has 7 heteroatoms. The van der Waals surface area contributed by atoms with Crippen LogP contribution in [0.4, 0.5) is 0 Å². The summed E-state index contributed by atoms with van der Waals surface area (Å²) in [5.74, 6) is 0. The van der Waals surface area contributed by atoms with Crippen LogP contribution in [0.15, 0.2) is 0 Å². The number of hydrogen-bond acceptors (Lipinski definition) is 4. The number of aliphatic hydroxyl groups is 1. The third-order valence-electron chi connectivity index (χ3n) is 0.806. The van der Waals surface area contributed by atoms with Gasteiger partial charge in [-0.05, 0) is 12.8 Å². The normalized spacial score (nSPS) is 7.91. The fraction of sp³-hybridized carbons (Fsp3) is 1.00. The van der Waals surface area contributed by atoms with Gasteiger partial charge in [0.25, 0.3) is 0 Å². The summed E-state index contributed by atoms with van der Waals surface area (Å²) in [7, 11) is -2.18. The van der Waals surface area contributed by atoms with E-state index < -0.39 is 7.32 Å². The number of aliphatic hydroxyl groups excluding tert-OH is 1. The molecule has 11 heavy (non-hydrogen) atoms. The van der Waals surface area contributed by atoms with Crippen LogP contribution < -0.4 is 113 Å². The van der Waals surface area contributed by atoms with E-state index >= 15 is 0 Å². The van der Waals surface area contributed by atoms with Gasteiger partial charge in [0.1, 0.15) is 0 Å². The Bertz CT molecular complexity index is 66.1. The van der Waals surface area contributed by atoms with Crippen molar-refractivity contribution in [2.24, 2.45) is 0 Å². The first kappa shape index (κ1) is 19.7. The van der Waals surface area contributed by atoms with Crippen LogP contribution in [0, 0.1) is 0 Å². The van der Waals surface area contributed by atoms with Gasteiger partial charge in [0.15, 0.2) is 0 Å². The van der Waals surface area contributed by atoms with Gasteiger partial charge in [0.05, 0.1) is 7.32 Å². The molecule has 4 nitrogen and oxygen atoms in total. The number of unbranched alkanes of at least 4 members (excludes halogenated alkanes) is 1. The summed E-state index contributed by atoms with van der Waals surface area (Å²) in [4.78, 5) is 0. The van der Waals surface area contributed by atoms with Crippen LogP contribution in [0.1, 0.15) is 12.8 Å².